The first-order chi connectivity index (χ1) is 13.0. The van der Waals surface area contributed by atoms with Crippen molar-refractivity contribution in [2.45, 2.75) is 19.8 Å². The first-order valence-corrected chi connectivity index (χ1v) is 9.36. The van der Waals surface area contributed by atoms with Crippen molar-refractivity contribution >= 4 is 29.1 Å². The SMILES string of the molecule is COc1ccc(C)cc1NC(=O)C1CCN(C(=O)c2cccc(Cl)c2)CC1. The minimum Gasteiger partial charge on any atom is -0.495 e. The number of ether oxygens (including phenoxy) is 1. The summed E-state index contributed by atoms with van der Waals surface area (Å²) in [6.45, 7) is 3.07. The number of anilines is 1. The lowest BCUT2D eigenvalue weighted by molar-refractivity contribution is -0.121. The van der Waals surface area contributed by atoms with E-state index in [1.807, 2.05) is 25.1 Å². The molecule has 6 heteroatoms. The Balaban J connectivity index is 1.60. The Morgan fingerprint density at radius 3 is 2.56 bits per heavy atom. The zero-order chi connectivity index (χ0) is 19.4. The normalized spacial score (nSPS) is 14.7. The number of rotatable bonds is 4. The third-order valence-corrected chi connectivity index (χ3v) is 5.07. The van der Waals surface area contributed by atoms with Crippen LogP contribution in [0, 0.1) is 12.8 Å². The number of methoxy groups -OCH3 is 1. The van der Waals surface area contributed by atoms with Gasteiger partial charge in [0.2, 0.25) is 5.91 Å². The molecule has 0 atom stereocenters. The Morgan fingerprint density at radius 1 is 1.15 bits per heavy atom. The van der Waals surface area contributed by atoms with Crippen molar-refractivity contribution in [1.82, 2.24) is 4.90 Å². The molecule has 1 fully saturated rings. The maximum absolute atomic E-state index is 12.7. The van der Waals surface area contributed by atoms with Gasteiger partial charge in [-0.15, -0.1) is 0 Å². The average molecular weight is 387 g/mol. The number of hydrogen-bond acceptors (Lipinski definition) is 3. The Bertz CT molecular complexity index is 845. The van der Waals surface area contributed by atoms with E-state index in [-0.39, 0.29) is 17.7 Å². The molecule has 0 bridgehead atoms. The molecule has 0 unspecified atom stereocenters. The lowest BCUT2D eigenvalue weighted by Crippen LogP contribution is -2.41. The zero-order valence-corrected chi connectivity index (χ0v) is 16.3. The van der Waals surface area contributed by atoms with Crippen LogP contribution < -0.4 is 10.1 Å². The second-order valence-corrected chi connectivity index (χ2v) is 7.21. The molecule has 3 rings (SSSR count). The van der Waals surface area contributed by atoms with Gasteiger partial charge in [-0.25, -0.2) is 0 Å². The van der Waals surface area contributed by atoms with E-state index in [1.165, 1.54) is 0 Å². The summed E-state index contributed by atoms with van der Waals surface area (Å²) in [6, 6.07) is 12.6. The number of likely N-dealkylation sites (tertiary alicyclic amines) is 1. The second kappa shape index (κ2) is 8.44. The fourth-order valence-electron chi connectivity index (χ4n) is 3.30. The minimum absolute atomic E-state index is 0.0336. The summed E-state index contributed by atoms with van der Waals surface area (Å²) in [5, 5.41) is 3.51. The standard InChI is InChI=1S/C21H23ClN2O3/c1-14-6-7-19(27-2)18(12-14)23-20(25)15-8-10-24(11-9-15)21(26)16-4-3-5-17(22)13-16/h3-7,12-13,15H,8-11H2,1-2H3,(H,23,25). The molecule has 0 saturated carbocycles. The lowest BCUT2D eigenvalue weighted by atomic mass is 9.95. The minimum atomic E-state index is -0.126. The van der Waals surface area contributed by atoms with Crippen LogP contribution >= 0.6 is 11.6 Å². The summed E-state index contributed by atoms with van der Waals surface area (Å²) < 4.78 is 5.32. The third kappa shape index (κ3) is 4.61. The number of benzene rings is 2. The van der Waals surface area contributed by atoms with E-state index >= 15 is 0 Å². The molecule has 142 valence electrons. The van der Waals surface area contributed by atoms with Crippen LogP contribution in [0.5, 0.6) is 5.75 Å². The number of hydrogen-bond donors (Lipinski definition) is 1. The fourth-order valence-corrected chi connectivity index (χ4v) is 3.49. The van der Waals surface area contributed by atoms with Gasteiger partial charge in [0.05, 0.1) is 12.8 Å². The monoisotopic (exact) mass is 386 g/mol. The summed E-state index contributed by atoms with van der Waals surface area (Å²) in [7, 11) is 1.58. The average Bonchev–Trinajstić information content (AvgIpc) is 2.67. The first kappa shape index (κ1) is 19.2. The molecule has 2 aromatic carbocycles. The number of carbonyl (C=O) groups excluding carboxylic acids is 2. The molecular formula is C21H23ClN2O3. The van der Waals surface area contributed by atoms with E-state index in [0.717, 1.165) is 5.56 Å². The molecule has 2 amide bonds. The maximum Gasteiger partial charge on any atom is 0.253 e. The molecule has 1 aliphatic rings. The van der Waals surface area contributed by atoms with E-state index < -0.39 is 0 Å². The van der Waals surface area contributed by atoms with E-state index in [4.69, 9.17) is 16.3 Å². The molecule has 2 aromatic rings. The van der Waals surface area contributed by atoms with Crippen molar-refractivity contribution in [1.29, 1.82) is 0 Å². The first-order valence-electron chi connectivity index (χ1n) is 8.98. The van der Waals surface area contributed by atoms with Crippen LogP contribution in [0.2, 0.25) is 5.02 Å². The third-order valence-electron chi connectivity index (χ3n) is 4.84. The zero-order valence-electron chi connectivity index (χ0n) is 15.5. The van der Waals surface area contributed by atoms with E-state index in [0.29, 0.717) is 48.0 Å². The lowest BCUT2D eigenvalue weighted by Gasteiger charge is -2.31. The molecule has 27 heavy (non-hydrogen) atoms. The van der Waals surface area contributed by atoms with Crippen molar-refractivity contribution in [3.8, 4) is 5.75 Å². The van der Waals surface area contributed by atoms with E-state index in [2.05, 4.69) is 5.32 Å². The molecule has 0 aliphatic carbocycles. The van der Waals surface area contributed by atoms with Crippen LogP contribution in [-0.4, -0.2) is 36.9 Å². The summed E-state index contributed by atoms with van der Waals surface area (Å²) >= 11 is 5.97. The number of halogens is 1. The number of carbonyl (C=O) groups is 2. The number of piperidine rings is 1. The van der Waals surface area contributed by atoms with Crippen LogP contribution in [0.15, 0.2) is 42.5 Å². The molecule has 1 heterocycles. The van der Waals surface area contributed by atoms with Gasteiger partial charge in [0.1, 0.15) is 5.75 Å². The predicted molar refractivity (Wildman–Crippen MR) is 106 cm³/mol. The summed E-state index contributed by atoms with van der Waals surface area (Å²) in [6.07, 6.45) is 1.26. The van der Waals surface area contributed by atoms with Gasteiger partial charge in [0.25, 0.3) is 5.91 Å². The molecule has 0 aromatic heterocycles. The van der Waals surface area contributed by atoms with Gasteiger partial charge in [0, 0.05) is 29.6 Å². The van der Waals surface area contributed by atoms with Crippen molar-refractivity contribution in [2.75, 3.05) is 25.5 Å². The molecule has 5 nitrogen and oxygen atoms in total. The Morgan fingerprint density at radius 2 is 1.89 bits per heavy atom. The number of nitrogens with one attached hydrogen (secondary N) is 1. The van der Waals surface area contributed by atoms with Crippen LogP contribution in [-0.2, 0) is 4.79 Å². The molecule has 1 aliphatic heterocycles. The van der Waals surface area contributed by atoms with Crippen molar-refractivity contribution < 1.29 is 14.3 Å². The topological polar surface area (TPSA) is 58.6 Å². The van der Waals surface area contributed by atoms with Gasteiger partial charge in [-0.2, -0.15) is 0 Å². The smallest absolute Gasteiger partial charge is 0.253 e. The number of nitrogens with zero attached hydrogens (tertiary/aromatic N) is 1. The Labute approximate surface area is 164 Å². The molecule has 1 N–H and O–H groups in total. The molecule has 0 spiro atoms. The predicted octanol–water partition coefficient (Wildman–Crippen LogP) is 4.15. The van der Waals surface area contributed by atoms with Gasteiger partial charge >= 0.3 is 0 Å². The Hall–Kier alpha value is -2.53. The van der Waals surface area contributed by atoms with Crippen LogP contribution in [0.25, 0.3) is 0 Å². The van der Waals surface area contributed by atoms with Crippen molar-refractivity contribution in [3.05, 3.63) is 58.6 Å². The van der Waals surface area contributed by atoms with Crippen LogP contribution in [0.1, 0.15) is 28.8 Å². The van der Waals surface area contributed by atoms with E-state index in [9.17, 15) is 9.59 Å². The van der Waals surface area contributed by atoms with Crippen molar-refractivity contribution in [3.63, 3.8) is 0 Å². The maximum atomic E-state index is 12.7. The highest BCUT2D eigenvalue weighted by atomic mass is 35.5. The van der Waals surface area contributed by atoms with Gasteiger partial charge in [0.15, 0.2) is 0 Å². The number of amides is 2. The molecular weight excluding hydrogens is 364 g/mol. The summed E-state index contributed by atoms with van der Waals surface area (Å²) in [4.78, 5) is 27.0. The van der Waals surface area contributed by atoms with Crippen LogP contribution in [0.4, 0.5) is 5.69 Å². The van der Waals surface area contributed by atoms with Gasteiger partial charge in [-0.1, -0.05) is 23.7 Å². The molecule has 0 radical (unpaired) electrons. The summed E-state index contributed by atoms with van der Waals surface area (Å²) in [5.41, 5.74) is 2.31. The highest BCUT2D eigenvalue weighted by Gasteiger charge is 2.28. The fraction of sp³-hybridized carbons (Fsp3) is 0.333. The molecule has 1 saturated heterocycles. The van der Waals surface area contributed by atoms with Gasteiger partial charge < -0.3 is 15.0 Å². The number of aryl methyl sites for hydroxylation is 1. The van der Waals surface area contributed by atoms with Crippen molar-refractivity contribution in [2.24, 2.45) is 5.92 Å². The Kier molecular flexibility index (Phi) is 6.01. The largest absolute Gasteiger partial charge is 0.495 e. The second-order valence-electron chi connectivity index (χ2n) is 6.77. The summed E-state index contributed by atoms with van der Waals surface area (Å²) in [5.74, 6) is 0.437. The van der Waals surface area contributed by atoms with Gasteiger partial charge in [-0.3, -0.25) is 9.59 Å². The van der Waals surface area contributed by atoms with E-state index in [1.54, 1.807) is 36.3 Å². The van der Waals surface area contributed by atoms with Crippen LogP contribution in [0.3, 0.4) is 0 Å². The van der Waals surface area contributed by atoms with Gasteiger partial charge in [-0.05, 0) is 55.7 Å². The highest BCUT2D eigenvalue weighted by Crippen LogP contribution is 2.27. The highest BCUT2D eigenvalue weighted by molar-refractivity contribution is 6.30. The quantitative estimate of drug-likeness (QED) is 0.858.